The number of hydrogen-bond acceptors (Lipinski definition) is 5. The van der Waals surface area contributed by atoms with E-state index in [1.165, 1.54) is 12.3 Å². The summed E-state index contributed by atoms with van der Waals surface area (Å²) >= 11 is 0. The molecule has 31 heavy (non-hydrogen) atoms. The van der Waals surface area contributed by atoms with Crippen molar-refractivity contribution in [2.45, 2.75) is 26.2 Å². The second kappa shape index (κ2) is 12.0. The van der Waals surface area contributed by atoms with Gasteiger partial charge in [0.25, 0.3) is 0 Å². The van der Waals surface area contributed by atoms with Crippen molar-refractivity contribution in [3.63, 3.8) is 0 Å². The van der Waals surface area contributed by atoms with Crippen LogP contribution in [0.5, 0.6) is 11.6 Å². The van der Waals surface area contributed by atoms with Gasteiger partial charge in [0.05, 0.1) is 6.61 Å². The van der Waals surface area contributed by atoms with Crippen LogP contribution in [0.3, 0.4) is 0 Å². The van der Waals surface area contributed by atoms with Gasteiger partial charge in [0.1, 0.15) is 12.4 Å². The van der Waals surface area contributed by atoms with Gasteiger partial charge in [-0.3, -0.25) is 4.99 Å². The van der Waals surface area contributed by atoms with E-state index in [0.717, 1.165) is 16.9 Å². The Balaban J connectivity index is 1.91. The molecule has 0 saturated carbocycles. The number of ether oxygens (including phenoxy) is 3. The minimum Gasteiger partial charge on any atom is -0.491 e. The largest absolute Gasteiger partial charge is 0.491 e. The van der Waals surface area contributed by atoms with E-state index in [4.69, 9.17) is 9.47 Å². The number of halogens is 3. The van der Waals surface area contributed by atoms with Crippen LogP contribution in [0.1, 0.15) is 16.7 Å². The van der Waals surface area contributed by atoms with E-state index in [0.29, 0.717) is 37.8 Å². The summed E-state index contributed by atoms with van der Waals surface area (Å²) < 4.78 is 52.4. The van der Waals surface area contributed by atoms with E-state index < -0.39 is 12.8 Å². The predicted molar refractivity (Wildman–Crippen MR) is 111 cm³/mol. The van der Waals surface area contributed by atoms with Crippen LogP contribution in [0, 0.1) is 6.92 Å². The smallest absolute Gasteiger partial charge is 0.422 e. The van der Waals surface area contributed by atoms with E-state index in [9.17, 15) is 13.2 Å². The molecule has 1 aromatic heterocycles. The lowest BCUT2D eigenvalue weighted by molar-refractivity contribution is -0.154. The number of benzene rings is 1. The first-order valence-electron chi connectivity index (χ1n) is 9.61. The van der Waals surface area contributed by atoms with Crippen molar-refractivity contribution in [1.82, 2.24) is 15.6 Å². The number of aryl methyl sites for hydroxylation is 1. The van der Waals surface area contributed by atoms with Crippen molar-refractivity contribution in [3.8, 4) is 11.6 Å². The Morgan fingerprint density at radius 3 is 2.55 bits per heavy atom. The number of nitrogens with zero attached hydrogens (tertiary/aromatic N) is 2. The van der Waals surface area contributed by atoms with E-state index in [2.05, 4.69) is 25.3 Å². The zero-order chi connectivity index (χ0) is 22.7. The molecule has 2 N–H and O–H groups in total. The molecule has 10 heteroatoms. The summed E-state index contributed by atoms with van der Waals surface area (Å²) in [6.07, 6.45) is -3.02. The summed E-state index contributed by atoms with van der Waals surface area (Å²) in [5.74, 6) is 1.20. The number of pyridine rings is 1. The Bertz CT molecular complexity index is 860. The number of aliphatic imine (C=N–C) groups is 1. The van der Waals surface area contributed by atoms with Crippen LogP contribution in [-0.2, 0) is 17.8 Å². The van der Waals surface area contributed by atoms with E-state index in [1.807, 2.05) is 25.1 Å². The van der Waals surface area contributed by atoms with Crippen LogP contribution in [0.4, 0.5) is 13.2 Å². The molecule has 0 amide bonds. The molecule has 0 spiro atoms. The number of hydrogen-bond donors (Lipinski definition) is 2. The molecule has 0 unspecified atom stereocenters. The van der Waals surface area contributed by atoms with E-state index >= 15 is 0 Å². The third-order valence-electron chi connectivity index (χ3n) is 4.08. The van der Waals surface area contributed by atoms with Gasteiger partial charge in [-0.1, -0.05) is 12.1 Å². The van der Waals surface area contributed by atoms with Gasteiger partial charge in [0.2, 0.25) is 5.88 Å². The van der Waals surface area contributed by atoms with Crippen molar-refractivity contribution >= 4 is 5.96 Å². The highest BCUT2D eigenvalue weighted by atomic mass is 19.4. The van der Waals surface area contributed by atoms with E-state index in [-0.39, 0.29) is 5.88 Å². The summed E-state index contributed by atoms with van der Waals surface area (Å²) in [5, 5.41) is 6.31. The first kappa shape index (κ1) is 24.3. The maximum atomic E-state index is 12.3. The molecule has 0 aliphatic rings. The van der Waals surface area contributed by atoms with Crippen LogP contribution in [0.15, 0.2) is 41.5 Å². The molecule has 170 valence electrons. The first-order chi connectivity index (χ1) is 14.8. The number of rotatable bonds is 10. The summed E-state index contributed by atoms with van der Waals surface area (Å²) in [4.78, 5) is 7.96. The molecular formula is C21H27F3N4O3. The van der Waals surface area contributed by atoms with Gasteiger partial charge in [-0.15, -0.1) is 0 Å². The molecule has 0 radical (unpaired) electrons. The molecular weight excluding hydrogens is 413 g/mol. The van der Waals surface area contributed by atoms with Crippen molar-refractivity contribution < 1.29 is 27.4 Å². The summed E-state index contributed by atoms with van der Waals surface area (Å²) in [6.45, 7) is 2.34. The Morgan fingerprint density at radius 2 is 1.84 bits per heavy atom. The van der Waals surface area contributed by atoms with Crippen molar-refractivity contribution in [2.24, 2.45) is 4.99 Å². The SMILES string of the molecule is CN=C(NCc1ccnc(OCC(F)(F)F)c1)NCc1ccc(C)cc1OCCOC. The van der Waals surface area contributed by atoms with Crippen molar-refractivity contribution in [3.05, 3.63) is 53.2 Å². The third-order valence-corrected chi connectivity index (χ3v) is 4.08. The second-order valence-corrected chi connectivity index (χ2v) is 6.64. The predicted octanol–water partition coefficient (Wildman–Crippen LogP) is 3.22. The Kier molecular flexibility index (Phi) is 9.39. The number of alkyl halides is 3. The lowest BCUT2D eigenvalue weighted by atomic mass is 10.1. The third kappa shape index (κ3) is 9.12. The van der Waals surface area contributed by atoms with Gasteiger partial charge >= 0.3 is 6.18 Å². The second-order valence-electron chi connectivity index (χ2n) is 6.64. The highest BCUT2D eigenvalue weighted by Gasteiger charge is 2.28. The molecule has 0 aliphatic heterocycles. The van der Waals surface area contributed by atoms with Crippen LogP contribution < -0.4 is 20.1 Å². The van der Waals surface area contributed by atoms with Gasteiger partial charge < -0.3 is 24.8 Å². The lowest BCUT2D eigenvalue weighted by Gasteiger charge is -2.16. The fourth-order valence-electron chi connectivity index (χ4n) is 2.56. The molecule has 0 aliphatic carbocycles. The maximum Gasteiger partial charge on any atom is 0.422 e. The average Bonchev–Trinajstić information content (AvgIpc) is 2.73. The van der Waals surface area contributed by atoms with Crippen molar-refractivity contribution in [1.29, 1.82) is 0 Å². The molecule has 0 fully saturated rings. The van der Waals surface area contributed by atoms with Gasteiger partial charge in [-0.2, -0.15) is 13.2 Å². The normalized spacial score (nSPS) is 11.9. The van der Waals surface area contributed by atoms with Gasteiger partial charge in [-0.25, -0.2) is 4.98 Å². The van der Waals surface area contributed by atoms with Crippen molar-refractivity contribution in [2.75, 3.05) is 34.0 Å². The quantitative estimate of drug-likeness (QED) is 0.336. The zero-order valence-corrected chi connectivity index (χ0v) is 17.8. The average molecular weight is 440 g/mol. The van der Waals surface area contributed by atoms with Crippen LogP contribution in [-0.4, -0.2) is 51.1 Å². The Labute approximate surface area is 179 Å². The van der Waals surface area contributed by atoms with Gasteiger partial charge in [-0.05, 0) is 30.2 Å². The monoisotopic (exact) mass is 440 g/mol. The fourth-order valence-corrected chi connectivity index (χ4v) is 2.56. The topological polar surface area (TPSA) is 77.0 Å². The van der Waals surface area contributed by atoms with Gasteiger partial charge in [0, 0.05) is 45.1 Å². The fraction of sp³-hybridized carbons (Fsp3) is 0.429. The molecule has 1 aromatic carbocycles. The van der Waals surface area contributed by atoms with Crippen LogP contribution in [0.2, 0.25) is 0 Å². The summed E-state index contributed by atoms with van der Waals surface area (Å²) in [5.41, 5.74) is 2.74. The molecule has 7 nitrogen and oxygen atoms in total. The number of nitrogens with one attached hydrogen (secondary N) is 2. The minimum absolute atomic E-state index is 0.0860. The highest BCUT2D eigenvalue weighted by molar-refractivity contribution is 5.79. The first-order valence-corrected chi connectivity index (χ1v) is 9.61. The molecule has 0 bridgehead atoms. The Hall–Kier alpha value is -3.01. The molecule has 2 aromatic rings. The zero-order valence-electron chi connectivity index (χ0n) is 17.8. The minimum atomic E-state index is -4.41. The van der Waals surface area contributed by atoms with Crippen LogP contribution in [0.25, 0.3) is 0 Å². The van der Waals surface area contributed by atoms with Crippen LogP contribution >= 0.6 is 0 Å². The number of aromatic nitrogens is 1. The summed E-state index contributed by atoms with van der Waals surface area (Å²) in [7, 11) is 3.25. The number of guanidine groups is 1. The lowest BCUT2D eigenvalue weighted by Crippen LogP contribution is -2.36. The molecule has 0 saturated heterocycles. The maximum absolute atomic E-state index is 12.3. The standard InChI is InChI=1S/C21H27F3N4O3/c1-15-4-5-17(18(10-15)30-9-8-29-3)13-28-20(25-2)27-12-16-6-7-26-19(11-16)31-14-21(22,23)24/h4-7,10-11H,8-9,12-14H2,1-3H3,(H2,25,27,28). The number of methoxy groups -OCH3 is 1. The molecule has 1 heterocycles. The summed E-state index contributed by atoms with van der Waals surface area (Å²) in [6, 6.07) is 9.07. The van der Waals surface area contributed by atoms with E-state index in [1.54, 1.807) is 20.2 Å². The van der Waals surface area contributed by atoms with Gasteiger partial charge in [0.15, 0.2) is 12.6 Å². The Morgan fingerprint density at radius 1 is 1.06 bits per heavy atom. The molecule has 2 rings (SSSR count). The molecule has 0 atom stereocenters. The highest BCUT2D eigenvalue weighted by Crippen LogP contribution is 2.20.